The van der Waals surface area contributed by atoms with Gasteiger partial charge in [-0.05, 0) is 0 Å². The highest BCUT2D eigenvalue weighted by Crippen LogP contribution is 2.05. The molecule has 0 saturated carbocycles. The second kappa shape index (κ2) is 2.26. The molecule has 7 heteroatoms. The Morgan fingerprint density at radius 3 is 2.50 bits per heavy atom. The zero-order chi connectivity index (χ0) is 7.78. The standard InChI is InChI=1S/C3H4N2O3S2/c6-10(7,8)3-4-1-2-5(3)9/h1-2,9H,(H,6,7,8). The van der Waals surface area contributed by atoms with E-state index in [9.17, 15) is 8.42 Å². The molecule has 0 amide bonds. The van der Waals surface area contributed by atoms with Crippen LogP contribution in [0.2, 0.25) is 0 Å². The van der Waals surface area contributed by atoms with Gasteiger partial charge in [0.2, 0.25) is 0 Å². The van der Waals surface area contributed by atoms with Crippen molar-refractivity contribution in [3.63, 3.8) is 0 Å². The third kappa shape index (κ3) is 1.31. The molecule has 0 bridgehead atoms. The van der Waals surface area contributed by atoms with Gasteiger partial charge in [0.05, 0.1) is 0 Å². The Hall–Kier alpha value is -0.530. The van der Waals surface area contributed by atoms with E-state index in [-0.39, 0.29) is 0 Å². The molecule has 0 radical (unpaired) electrons. The first kappa shape index (κ1) is 7.58. The lowest BCUT2D eigenvalue weighted by molar-refractivity contribution is 0.474. The fourth-order valence-corrected chi connectivity index (χ4v) is 1.38. The molecule has 1 N–H and O–H groups in total. The number of nitrogens with zero attached hydrogens (tertiary/aromatic N) is 2. The van der Waals surface area contributed by atoms with Gasteiger partial charge in [0.25, 0.3) is 5.16 Å². The molecule has 56 valence electrons. The lowest BCUT2D eigenvalue weighted by atomic mass is 11.0. The summed E-state index contributed by atoms with van der Waals surface area (Å²) in [6.07, 6.45) is 2.52. The summed E-state index contributed by atoms with van der Waals surface area (Å²) in [6, 6.07) is 0. The SMILES string of the molecule is O=S(=O)(O)c1nccn1S. The minimum Gasteiger partial charge on any atom is -0.279 e. The lowest BCUT2D eigenvalue weighted by Gasteiger charge is -1.92. The fourth-order valence-electron chi connectivity index (χ4n) is 0.468. The zero-order valence-electron chi connectivity index (χ0n) is 4.67. The van der Waals surface area contributed by atoms with Gasteiger partial charge in [0, 0.05) is 12.4 Å². The minimum atomic E-state index is -4.21. The smallest absolute Gasteiger partial charge is 0.279 e. The monoisotopic (exact) mass is 180 g/mol. The number of imidazole rings is 1. The third-order valence-corrected chi connectivity index (χ3v) is 2.04. The molecule has 0 aliphatic heterocycles. The molecule has 0 aliphatic rings. The molecule has 0 atom stereocenters. The van der Waals surface area contributed by atoms with Gasteiger partial charge in [0.15, 0.2) is 0 Å². The van der Waals surface area contributed by atoms with Crippen molar-refractivity contribution in [1.82, 2.24) is 8.96 Å². The summed E-state index contributed by atoms with van der Waals surface area (Å²) in [5.41, 5.74) is 0. The Morgan fingerprint density at radius 2 is 2.30 bits per heavy atom. The average molecular weight is 180 g/mol. The quantitative estimate of drug-likeness (QED) is 0.464. The van der Waals surface area contributed by atoms with Gasteiger partial charge in [-0.3, -0.25) is 8.53 Å². The van der Waals surface area contributed by atoms with E-state index in [2.05, 4.69) is 17.8 Å². The molecule has 1 rings (SSSR count). The summed E-state index contributed by atoms with van der Waals surface area (Å²) in [5.74, 6) is 0. The summed E-state index contributed by atoms with van der Waals surface area (Å²) >= 11 is 3.66. The van der Waals surface area contributed by atoms with Crippen LogP contribution in [0.5, 0.6) is 0 Å². The van der Waals surface area contributed by atoms with Gasteiger partial charge in [-0.1, -0.05) is 12.8 Å². The van der Waals surface area contributed by atoms with Crippen molar-refractivity contribution in [1.29, 1.82) is 0 Å². The van der Waals surface area contributed by atoms with Crippen LogP contribution >= 0.6 is 12.8 Å². The Morgan fingerprint density at radius 1 is 1.70 bits per heavy atom. The molecule has 0 aromatic carbocycles. The first-order valence-corrected chi connectivity index (χ1v) is 4.06. The first-order valence-electron chi connectivity index (χ1n) is 2.22. The van der Waals surface area contributed by atoms with Gasteiger partial charge in [-0.2, -0.15) is 8.42 Å². The van der Waals surface area contributed by atoms with Crippen LogP contribution < -0.4 is 0 Å². The predicted molar refractivity (Wildman–Crippen MR) is 36.4 cm³/mol. The molecule has 10 heavy (non-hydrogen) atoms. The molecular formula is C3H4N2O3S2. The molecule has 0 spiro atoms. The van der Waals surface area contributed by atoms with Crippen LogP contribution in [-0.2, 0) is 10.1 Å². The van der Waals surface area contributed by atoms with Gasteiger partial charge in [0.1, 0.15) is 0 Å². The highest BCUT2D eigenvalue weighted by molar-refractivity contribution is 7.86. The Kier molecular flexibility index (Phi) is 1.71. The second-order valence-corrected chi connectivity index (χ2v) is 3.28. The van der Waals surface area contributed by atoms with Crippen LogP contribution in [0.25, 0.3) is 0 Å². The topological polar surface area (TPSA) is 72.2 Å². The van der Waals surface area contributed by atoms with E-state index in [1.54, 1.807) is 0 Å². The van der Waals surface area contributed by atoms with Crippen LogP contribution in [0.15, 0.2) is 17.6 Å². The molecule has 0 saturated heterocycles. The van der Waals surface area contributed by atoms with Crippen LogP contribution in [0.3, 0.4) is 0 Å². The van der Waals surface area contributed by atoms with E-state index in [1.807, 2.05) is 0 Å². The molecule has 1 heterocycles. The largest absolute Gasteiger partial charge is 0.329 e. The van der Waals surface area contributed by atoms with Crippen LogP contribution in [0.1, 0.15) is 0 Å². The first-order chi connectivity index (χ1) is 4.52. The minimum absolute atomic E-state index is 0.476. The Bertz CT molecular complexity index is 327. The summed E-state index contributed by atoms with van der Waals surface area (Å²) < 4.78 is 30.0. The molecule has 0 unspecified atom stereocenters. The molecule has 1 aromatic rings. The second-order valence-electron chi connectivity index (χ2n) is 1.53. The normalized spacial score (nSPS) is 11.8. The molecular weight excluding hydrogens is 176 g/mol. The average Bonchev–Trinajstić information content (AvgIpc) is 2.11. The third-order valence-electron chi connectivity index (χ3n) is 0.820. The number of rotatable bonds is 1. The maximum atomic E-state index is 10.3. The maximum Gasteiger partial charge on any atom is 0.329 e. The summed E-state index contributed by atoms with van der Waals surface area (Å²) in [6.45, 7) is 0. The van der Waals surface area contributed by atoms with Crippen LogP contribution in [-0.4, -0.2) is 21.9 Å². The summed E-state index contributed by atoms with van der Waals surface area (Å²) in [4.78, 5) is 3.34. The van der Waals surface area contributed by atoms with Crippen molar-refractivity contribution < 1.29 is 13.0 Å². The van der Waals surface area contributed by atoms with E-state index in [0.29, 0.717) is 0 Å². The summed E-state index contributed by atoms with van der Waals surface area (Å²) in [5, 5.41) is -0.476. The van der Waals surface area contributed by atoms with Crippen molar-refractivity contribution in [2.24, 2.45) is 0 Å². The zero-order valence-corrected chi connectivity index (χ0v) is 6.38. The van der Waals surface area contributed by atoms with Crippen LogP contribution in [0, 0.1) is 0 Å². The number of thiol groups is 1. The lowest BCUT2D eigenvalue weighted by Crippen LogP contribution is -2.03. The van der Waals surface area contributed by atoms with Crippen molar-refractivity contribution >= 4 is 22.9 Å². The molecule has 1 aromatic heterocycles. The van der Waals surface area contributed by atoms with Gasteiger partial charge < -0.3 is 0 Å². The van der Waals surface area contributed by atoms with E-state index in [1.165, 1.54) is 12.4 Å². The van der Waals surface area contributed by atoms with Gasteiger partial charge in [-0.15, -0.1) is 0 Å². The number of hydrogen-bond acceptors (Lipinski definition) is 4. The highest BCUT2D eigenvalue weighted by Gasteiger charge is 2.14. The van der Waals surface area contributed by atoms with E-state index in [4.69, 9.17) is 4.55 Å². The van der Waals surface area contributed by atoms with Crippen molar-refractivity contribution in [2.75, 3.05) is 0 Å². The van der Waals surface area contributed by atoms with Crippen molar-refractivity contribution in [3.8, 4) is 0 Å². The van der Waals surface area contributed by atoms with Crippen LogP contribution in [0.4, 0.5) is 0 Å². The van der Waals surface area contributed by atoms with E-state index < -0.39 is 15.3 Å². The number of aromatic nitrogens is 2. The summed E-state index contributed by atoms with van der Waals surface area (Å²) in [7, 11) is -4.21. The van der Waals surface area contributed by atoms with Gasteiger partial charge >= 0.3 is 10.1 Å². The molecule has 0 fully saturated rings. The maximum absolute atomic E-state index is 10.3. The number of hydrogen-bond donors (Lipinski definition) is 2. The Labute approximate surface area is 63.0 Å². The molecule has 5 nitrogen and oxygen atoms in total. The van der Waals surface area contributed by atoms with Gasteiger partial charge in [-0.25, -0.2) is 4.98 Å². The Balaban J connectivity index is 3.32. The van der Waals surface area contributed by atoms with Crippen molar-refractivity contribution in [2.45, 2.75) is 5.16 Å². The fraction of sp³-hybridized carbons (Fsp3) is 0. The highest BCUT2D eigenvalue weighted by atomic mass is 32.2. The van der Waals surface area contributed by atoms with E-state index in [0.717, 1.165) is 3.97 Å². The van der Waals surface area contributed by atoms with Crippen molar-refractivity contribution in [3.05, 3.63) is 12.4 Å². The van der Waals surface area contributed by atoms with E-state index >= 15 is 0 Å². The predicted octanol–water partition coefficient (Wildman–Crippen LogP) is -0.177. The molecule has 0 aliphatic carbocycles.